The molecule has 22 heavy (non-hydrogen) atoms. The van der Waals surface area contributed by atoms with E-state index in [4.69, 9.17) is 15.8 Å². The summed E-state index contributed by atoms with van der Waals surface area (Å²) < 4.78 is 0. The maximum Gasteiger partial charge on any atom is 0.488 e. The maximum atomic E-state index is 12.0. The normalized spacial score (nSPS) is 10.1. The molecule has 0 bridgehead atoms. The molecule has 0 aliphatic heterocycles. The highest BCUT2D eigenvalue weighted by Gasteiger charge is 2.12. The third kappa shape index (κ3) is 3.94. The van der Waals surface area contributed by atoms with Gasteiger partial charge in [-0.2, -0.15) is 0 Å². The van der Waals surface area contributed by atoms with Crippen LogP contribution in [-0.2, 0) is 6.54 Å². The first kappa shape index (κ1) is 15.7. The van der Waals surface area contributed by atoms with E-state index in [0.29, 0.717) is 23.1 Å². The van der Waals surface area contributed by atoms with Crippen LogP contribution in [0.4, 0.5) is 0 Å². The largest absolute Gasteiger partial charge is 0.488 e. The Morgan fingerprint density at radius 1 is 0.955 bits per heavy atom. The van der Waals surface area contributed by atoms with Gasteiger partial charge in [-0.1, -0.05) is 24.3 Å². The van der Waals surface area contributed by atoms with Gasteiger partial charge in [0.25, 0.3) is 5.91 Å². The van der Waals surface area contributed by atoms with E-state index in [1.165, 1.54) is 24.3 Å². The van der Waals surface area contributed by atoms with Crippen LogP contribution in [0.25, 0.3) is 0 Å². The number of hydrogen-bond donors (Lipinski definition) is 4. The second-order valence-electron chi connectivity index (χ2n) is 4.74. The number of carbonyl (C=O) groups excluding carboxylic acids is 2. The van der Waals surface area contributed by atoms with E-state index < -0.39 is 13.0 Å². The molecule has 0 fully saturated rings. The molecular formula is C15H15BN2O4. The van der Waals surface area contributed by atoms with Crippen molar-refractivity contribution in [1.82, 2.24) is 5.32 Å². The highest BCUT2D eigenvalue weighted by molar-refractivity contribution is 6.58. The zero-order valence-electron chi connectivity index (χ0n) is 11.7. The summed E-state index contributed by atoms with van der Waals surface area (Å²) in [5, 5.41) is 20.7. The molecule has 2 aromatic carbocycles. The van der Waals surface area contributed by atoms with Gasteiger partial charge in [0.15, 0.2) is 0 Å². The monoisotopic (exact) mass is 298 g/mol. The lowest BCUT2D eigenvalue weighted by Crippen LogP contribution is -2.30. The van der Waals surface area contributed by atoms with Gasteiger partial charge in [-0.3, -0.25) is 9.59 Å². The molecule has 5 N–H and O–H groups in total. The Balaban J connectivity index is 1.96. The topological polar surface area (TPSA) is 113 Å². The molecule has 2 amide bonds. The van der Waals surface area contributed by atoms with Crippen molar-refractivity contribution in [1.29, 1.82) is 0 Å². The van der Waals surface area contributed by atoms with E-state index in [2.05, 4.69) is 5.32 Å². The zero-order chi connectivity index (χ0) is 16.1. The highest BCUT2D eigenvalue weighted by atomic mass is 16.4. The molecule has 6 nitrogen and oxygen atoms in total. The molecule has 0 spiro atoms. The van der Waals surface area contributed by atoms with Crippen LogP contribution in [0.15, 0.2) is 48.5 Å². The van der Waals surface area contributed by atoms with Crippen LogP contribution in [0.1, 0.15) is 26.3 Å². The van der Waals surface area contributed by atoms with Crippen molar-refractivity contribution < 1.29 is 19.6 Å². The fraction of sp³-hybridized carbons (Fsp3) is 0.0667. The van der Waals surface area contributed by atoms with E-state index in [-0.39, 0.29) is 5.91 Å². The minimum atomic E-state index is -1.55. The fourth-order valence-electron chi connectivity index (χ4n) is 1.88. The van der Waals surface area contributed by atoms with Crippen LogP contribution in [0, 0.1) is 0 Å². The molecule has 0 heterocycles. The van der Waals surface area contributed by atoms with Crippen molar-refractivity contribution in [3.8, 4) is 0 Å². The van der Waals surface area contributed by atoms with Crippen LogP contribution in [0.2, 0.25) is 0 Å². The Hall–Kier alpha value is -2.64. The summed E-state index contributed by atoms with van der Waals surface area (Å²) in [6.45, 7) is 0.308. The van der Waals surface area contributed by atoms with E-state index >= 15 is 0 Å². The van der Waals surface area contributed by atoms with Crippen molar-refractivity contribution in [3.63, 3.8) is 0 Å². The minimum absolute atomic E-state index is 0.280. The van der Waals surface area contributed by atoms with E-state index in [9.17, 15) is 9.59 Å². The Bertz CT molecular complexity index is 669. The predicted octanol–water partition coefficient (Wildman–Crippen LogP) is -0.605. The smallest absolute Gasteiger partial charge is 0.423 e. The number of rotatable bonds is 5. The lowest BCUT2D eigenvalue weighted by molar-refractivity contribution is 0.0949. The molecule has 0 aliphatic carbocycles. The summed E-state index contributed by atoms with van der Waals surface area (Å²) in [5.41, 5.74) is 7.13. The quantitative estimate of drug-likeness (QED) is 0.552. The lowest BCUT2D eigenvalue weighted by Gasteiger charge is -2.07. The minimum Gasteiger partial charge on any atom is -0.423 e. The average molecular weight is 298 g/mol. The molecule has 0 saturated carbocycles. The molecule has 0 aromatic heterocycles. The third-order valence-electron chi connectivity index (χ3n) is 3.16. The molecule has 2 rings (SSSR count). The number of benzene rings is 2. The summed E-state index contributed by atoms with van der Waals surface area (Å²) in [6.07, 6.45) is 0. The van der Waals surface area contributed by atoms with E-state index in [1.54, 1.807) is 24.3 Å². The summed E-state index contributed by atoms with van der Waals surface area (Å²) in [5.74, 6) is -0.778. The molecule has 112 valence electrons. The zero-order valence-corrected chi connectivity index (χ0v) is 11.7. The van der Waals surface area contributed by atoms with Crippen molar-refractivity contribution >= 4 is 24.4 Å². The highest BCUT2D eigenvalue weighted by Crippen LogP contribution is 2.04. The van der Waals surface area contributed by atoms with Crippen LogP contribution in [0.3, 0.4) is 0 Å². The van der Waals surface area contributed by atoms with Crippen LogP contribution in [-0.4, -0.2) is 29.0 Å². The van der Waals surface area contributed by atoms with E-state index in [1.807, 2.05) is 0 Å². The first-order valence-corrected chi connectivity index (χ1v) is 6.60. The molecular weight excluding hydrogens is 283 g/mol. The predicted molar refractivity (Wildman–Crippen MR) is 82.4 cm³/mol. The van der Waals surface area contributed by atoms with Crippen molar-refractivity contribution in [2.75, 3.05) is 0 Å². The number of nitrogens with two attached hydrogens (primary N) is 1. The van der Waals surface area contributed by atoms with Crippen molar-refractivity contribution in [2.45, 2.75) is 6.54 Å². The lowest BCUT2D eigenvalue weighted by atomic mass is 9.80. The average Bonchev–Trinajstić information content (AvgIpc) is 2.53. The Morgan fingerprint density at radius 3 is 2.00 bits per heavy atom. The van der Waals surface area contributed by atoms with Gasteiger partial charge in [0.1, 0.15) is 0 Å². The van der Waals surface area contributed by atoms with Gasteiger partial charge >= 0.3 is 7.12 Å². The summed E-state index contributed by atoms with van der Waals surface area (Å²) in [6, 6.07) is 12.6. The first-order chi connectivity index (χ1) is 10.5. The van der Waals surface area contributed by atoms with Gasteiger partial charge in [-0.25, -0.2) is 0 Å². The van der Waals surface area contributed by atoms with Gasteiger partial charge in [0.05, 0.1) is 0 Å². The maximum absolute atomic E-state index is 12.0. The van der Waals surface area contributed by atoms with Crippen molar-refractivity contribution in [2.24, 2.45) is 5.73 Å². The number of carbonyl (C=O) groups is 2. The van der Waals surface area contributed by atoms with Gasteiger partial charge in [-0.05, 0) is 35.3 Å². The van der Waals surface area contributed by atoms with Crippen molar-refractivity contribution in [3.05, 3.63) is 65.2 Å². The summed E-state index contributed by atoms with van der Waals surface area (Å²) in [4.78, 5) is 22.9. The third-order valence-corrected chi connectivity index (χ3v) is 3.16. The Kier molecular flexibility index (Phi) is 4.93. The molecule has 0 radical (unpaired) electrons. The second-order valence-corrected chi connectivity index (χ2v) is 4.74. The van der Waals surface area contributed by atoms with Crippen LogP contribution >= 0.6 is 0 Å². The molecule has 0 aliphatic rings. The molecule has 7 heteroatoms. The Labute approximate surface area is 127 Å². The number of primary amides is 1. The summed E-state index contributed by atoms with van der Waals surface area (Å²) in [7, 11) is -1.55. The number of hydrogen-bond acceptors (Lipinski definition) is 4. The van der Waals surface area contributed by atoms with Gasteiger partial charge in [-0.15, -0.1) is 0 Å². The molecule has 0 unspecified atom stereocenters. The first-order valence-electron chi connectivity index (χ1n) is 6.60. The number of amides is 2. The van der Waals surface area contributed by atoms with Gasteiger partial charge < -0.3 is 21.1 Å². The fourth-order valence-corrected chi connectivity index (χ4v) is 1.88. The van der Waals surface area contributed by atoms with E-state index in [0.717, 1.165) is 5.56 Å². The molecule has 0 atom stereocenters. The standard InChI is InChI=1S/C15H15BN2O4/c17-14(19)11-3-1-10(2-4-11)9-18-15(20)12-5-7-13(8-6-12)16(21)22/h1-8,21-22H,9H2,(H2,17,19)(H,18,20). The van der Waals surface area contributed by atoms with Crippen LogP contribution in [0.5, 0.6) is 0 Å². The summed E-state index contributed by atoms with van der Waals surface area (Å²) >= 11 is 0. The molecule has 0 saturated heterocycles. The van der Waals surface area contributed by atoms with Gasteiger partial charge in [0, 0.05) is 17.7 Å². The second kappa shape index (κ2) is 6.88. The van der Waals surface area contributed by atoms with Crippen LogP contribution < -0.4 is 16.5 Å². The van der Waals surface area contributed by atoms with Gasteiger partial charge in [0.2, 0.25) is 5.91 Å². The Morgan fingerprint density at radius 2 is 1.50 bits per heavy atom. The SMILES string of the molecule is NC(=O)c1ccc(CNC(=O)c2ccc(B(O)O)cc2)cc1. The number of nitrogens with one attached hydrogen (secondary N) is 1. The molecule has 2 aromatic rings.